The number of fused-ring (bicyclic) bond motifs is 7. The summed E-state index contributed by atoms with van der Waals surface area (Å²) in [4.78, 5) is 0. The summed E-state index contributed by atoms with van der Waals surface area (Å²) in [7, 11) is 0. The van der Waals surface area contributed by atoms with Crippen molar-refractivity contribution in [3.63, 3.8) is 0 Å². The van der Waals surface area contributed by atoms with Crippen LogP contribution in [0, 0.1) is 46.3 Å². The van der Waals surface area contributed by atoms with Gasteiger partial charge in [-0.15, -0.1) is 0 Å². The van der Waals surface area contributed by atoms with E-state index >= 15 is 0 Å². The maximum absolute atomic E-state index is 11.4. The summed E-state index contributed by atoms with van der Waals surface area (Å²) < 4.78 is 48.8. The van der Waals surface area contributed by atoms with Gasteiger partial charge in [0.2, 0.25) is 0 Å². The molecule has 0 aromatic rings. The third-order valence-corrected chi connectivity index (χ3v) is 17.7. The molecule has 8 fully saturated rings. The Morgan fingerprint density at radius 3 is 2.02 bits per heavy atom. The average molecular weight is 885 g/mol. The number of aliphatic hydroxyl groups is 9. The van der Waals surface area contributed by atoms with Crippen molar-refractivity contribution in [2.75, 3.05) is 19.8 Å². The van der Waals surface area contributed by atoms with Crippen molar-refractivity contribution in [2.45, 2.75) is 203 Å². The first-order chi connectivity index (χ1) is 29.4. The highest BCUT2D eigenvalue weighted by Crippen LogP contribution is 2.70. The van der Waals surface area contributed by atoms with E-state index in [0.29, 0.717) is 41.9 Å². The van der Waals surface area contributed by atoms with Gasteiger partial charge in [-0.25, -0.2) is 0 Å². The predicted molar refractivity (Wildman–Crippen MR) is 214 cm³/mol. The molecule has 17 heteroatoms. The summed E-state index contributed by atoms with van der Waals surface area (Å²) in [6, 6.07) is 0. The Morgan fingerprint density at radius 1 is 0.677 bits per heavy atom. The van der Waals surface area contributed by atoms with Gasteiger partial charge < -0.3 is 83.9 Å². The topological polar surface area (TPSA) is 256 Å². The van der Waals surface area contributed by atoms with E-state index in [4.69, 9.17) is 37.9 Å². The number of ether oxygens (including phenoxy) is 8. The van der Waals surface area contributed by atoms with Crippen molar-refractivity contribution in [1.82, 2.24) is 0 Å². The molecule has 0 aromatic heterocycles. The number of allylic oxidation sites excluding steroid dienone is 1. The second-order valence-corrected chi connectivity index (χ2v) is 21.1. The van der Waals surface area contributed by atoms with Gasteiger partial charge in [0.15, 0.2) is 24.7 Å². The van der Waals surface area contributed by atoms with E-state index in [0.717, 1.165) is 45.1 Å². The Kier molecular flexibility index (Phi) is 12.9. The Hall–Kier alpha value is -0.940. The number of hydrogen-bond donors (Lipinski definition) is 9. The van der Waals surface area contributed by atoms with E-state index in [9.17, 15) is 46.0 Å². The first-order valence-corrected chi connectivity index (χ1v) is 23.4. The zero-order chi connectivity index (χ0) is 44.2. The van der Waals surface area contributed by atoms with Crippen LogP contribution in [0.25, 0.3) is 0 Å². The molecule has 5 saturated heterocycles. The minimum atomic E-state index is -1.80. The molecule has 26 atom stereocenters. The van der Waals surface area contributed by atoms with Crippen LogP contribution in [-0.2, 0) is 37.9 Å². The average Bonchev–Trinajstić information content (AvgIpc) is 3.70. The Bertz CT molecular complexity index is 1610. The van der Waals surface area contributed by atoms with E-state index in [1.54, 1.807) is 0 Å². The molecule has 17 nitrogen and oxygen atoms in total. The van der Waals surface area contributed by atoms with E-state index in [-0.39, 0.29) is 23.0 Å². The molecule has 0 amide bonds. The third kappa shape index (κ3) is 7.49. The molecule has 5 aliphatic heterocycles. The van der Waals surface area contributed by atoms with Crippen molar-refractivity contribution in [3.8, 4) is 0 Å². The molecule has 9 N–H and O–H groups in total. The normalized spacial score (nSPS) is 57.6. The Labute approximate surface area is 363 Å². The van der Waals surface area contributed by atoms with E-state index in [1.165, 1.54) is 25.3 Å². The zero-order valence-electron chi connectivity index (χ0n) is 36.6. The van der Waals surface area contributed by atoms with Crippen molar-refractivity contribution in [2.24, 2.45) is 46.3 Å². The predicted octanol–water partition coefficient (Wildman–Crippen LogP) is 0.214. The van der Waals surface area contributed by atoms with E-state index in [1.807, 2.05) is 0 Å². The van der Waals surface area contributed by atoms with Gasteiger partial charge in [0.25, 0.3) is 0 Å². The van der Waals surface area contributed by atoms with Gasteiger partial charge in [0.1, 0.15) is 67.1 Å². The van der Waals surface area contributed by atoms with Crippen LogP contribution in [0.1, 0.15) is 92.4 Å². The van der Waals surface area contributed by atoms with Crippen LogP contribution in [-0.4, -0.2) is 176 Å². The number of rotatable bonds is 8. The first-order valence-electron chi connectivity index (χ1n) is 23.4. The van der Waals surface area contributed by atoms with Crippen LogP contribution >= 0.6 is 0 Å². The van der Waals surface area contributed by atoms with Crippen LogP contribution in [0.2, 0.25) is 0 Å². The van der Waals surface area contributed by atoms with Gasteiger partial charge in [-0.1, -0.05) is 39.3 Å². The Balaban J connectivity index is 0.807. The monoisotopic (exact) mass is 884 g/mol. The minimum Gasteiger partial charge on any atom is -0.394 e. The molecule has 0 unspecified atom stereocenters. The SMILES string of the molecule is C[C@@H]1CC[C@@]2(OC1)O[C@H]1C[C@H]3[C@@H]4CC=C5C[C@@H](O[C@@H]6O[C@H](CO)[C@@H](O[C@@H]7O[C@@H](C)[C@H](O[C@@H]8O[C@H](CO)[C@@H](O)[C@H](O)[C@H]8O)[C@@H](O)[C@H]7O)[C@H](O)[C@H]6O)CC[C@]5(C)[C@H]4CC[C@]3(C)[C@H]1[C@@H]2C. The molecule has 3 saturated carbocycles. The summed E-state index contributed by atoms with van der Waals surface area (Å²) in [5.41, 5.74) is 1.62. The van der Waals surface area contributed by atoms with Crippen LogP contribution in [0.4, 0.5) is 0 Å². The quantitative estimate of drug-likeness (QED) is 0.148. The van der Waals surface area contributed by atoms with E-state index in [2.05, 4.69) is 33.8 Å². The fourth-order valence-electron chi connectivity index (χ4n) is 14.1. The molecule has 1 spiro atoms. The molecule has 62 heavy (non-hydrogen) atoms. The van der Waals surface area contributed by atoms with Crippen LogP contribution in [0.3, 0.4) is 0 Å². The first kappa shape index (κ1) is 46.2. The lowest BCUT2D eigenvalue weighted by atomic mass is 9.47. The highest BCUT2D eigenvalue weighted by atomic mass is 16.8. The fraction of sp³-hybridized carbons (Fsp3) is 0.956. The summed E-state index contributed by atoms with van der Waals surface area (Å²) in [6.45, 7) is 10.6. The van der Waals surface area contributed by atoms with Gasteiger partial charge in [0, 0.05) is 12.3 Å². The van der Waals surface area contributed by atoms with Gasteiger partial charge in [-0.2, -0.15) is 0 Å². The van der Waals surface area contributed by atoms with E-state index < -0.39 is 111 Å². The lowest BCUT2D eigenvalue weighted by Gasteiger charge is -2.58. The van der Waals surface area contributed by atoms with Gasteiger partial charge in [0.05, 0.1) is 38.1 Å². The number of aliphatic hydroxyl groups excluding tert-OH is 9. The summed E-state index contributed by atoms with van der Waals surface area (Å²) in [6.07, 6.45) is -11.2. The van der Waals surface area contributed by atoms with Crippen molar-refractivity contribution >= 4 is 0 Å². The minimum absolute atomic E-state index is 0.0255. The lowest BCUT2D eigenvalue weighted by Crippen LogP contribution is -2.66. The van der Waals surface area contributed by atoms with Gasteiger partial charge in [-0.3, -0.25) is 0 Å². The molecular formula is C45H72O17. The molecular weight excluding hydrogens is 812 g/mol. The largest absolute Gasteiger partial charge is 0.394 e. The highest BCUT2D eigenvalue weighted by Gasteiger charge is 2.69. The maximum atomic E-state index is 11.4. The fourth-order valence-corrected chi connectivity index (χ4v) is 14.1. The summed E-state index contributed by atoms with van der Waals surface area (Å²) in [5, 5.41) is 95.5. The molecule has 354 valence electrons. The number of hydrogen-bond acceptors (Lipinski definition) is 17. The van der Waals surface area contributed by atoms with Crippen molar-refractivity contribution in [1.29, 1.82) is 0 Å². The second kappa shape index (κ2) is 17.3. The van der Waals surface area contributed by atoms with Crippen LogP contribution in [0.5, 0.6) is 0 Å². The van der Waals surface area contributed by atoms with Crippen molar-refractivity contribution in [3.05, 3.63) is 11.6 Å². The highest BCUT2D eigenvalue weighted by molar-refractivity contribution is 5.26. The molecule has 5 heterocycles. The van der Waals surface area contributed by atoms with Gasteiger partial charge in [-0.05, 0) is 98.7 Å². The standard InChI is InChI=1S/C45H72O17/c1-19-8-13-45(55-18-19)20(2)30-27(62-45)15-26-24-7-6-22-14-23(9-11-43(22,4)25(24)10-12-44(26,30)5)57-41-37(54)34(51)39(29(17-47)59-41)61-40-36(53)33(50)38(21(3)56-40)60-42-35(52)32(49)31(48)28(16-46)58-42/h6,19-21,23-42,46-54H,7-18H2,1-5H3/t19-,20+,21+,23+,24-,25+,26+,27+,28-,29-,30+,31-,32+,33+,34-,35-,36-,37-,38+,39-,40+,41-,42+,43+,44+,45-/m1/s1. The zero-order valence-corrected chi connectivity index (χ0v) is 36.6. The summed E-state index contributed by atoms with van der Waals surface area (Å²) >= 11 is 0. The Morgan fingerprint density at radius 2 is 1.32 bits per heavy atom. The van der Waals surface area contributed by atoms with Crippen molar-refractivity contribution < 1.29 is 83.9 Å². The van der Waals surface area contributed by atoms with Crippen LogP contribution < -0.4 is 0 Å². The second-order valence-electron chi connectivity index (χ2n) is 21.1. The molecule has 9 aliphatic rings. The molecule has 0 bridgehead atoms. The third-order valence-electron chi connectivity index (χ3n) is 17.7. The molecule has 0 radical (unpaired) electrons. The lowest BCUT2D eigenvalue weighted by molar-refractivity contribution is -0.377. The maximum Gasteiger partial charge on any atom is 0.187 e. The molecule has 0 aromatic carbocycles. The summed E-state index contributed by atoms with van der Waals surface area (Å²) in [5.74, 6) is 2.77. The smallest absolute Gasteiger partial charge is 0.187 e. The molecule has 9 rings (SSSR count). The van der Waals surface area contributed by atoms with Crippen LogP contribution in [0.15, 0.2) is 11.6 Å². The van der Waals surface area contributed by atoms with Gasteiger partial charge >= 0.3 is 0 Å². The molecule has 4 aliphatic carbocycles.